The largest absolute Gasteiger partial charge is 0.507 e. The summed E-state index contributed by atoms with van der Waals surface area (Å²) in [6.45, 7) is 9.24. The molecule has 1 aromatic rings. The summed E-state index contributed by atoms with van der Waals surface area (Å²) in [5.74, 6) is -2.16. The zero-order chi connectivity index (χ0) is 24.5. The van der Waals surface area contributed by atoms with E-state index in [2.05, 4.69) is 6.58 Å². The van der Waals surface area contributed by atoms with Crippen LogP contribution in [0.1, 0.15) is 72.7 Å². The van der Waals surface area contributed by atoms with Gasteiger partial charge in [-0.1, -0.05) is 18.2 Å². The molecule has 4 aliphatic carbocycles. The summed E-state index contributed by atoms with van der Waals surface area (Å²) in [6.07, 6.45) is 1.69. The van der Waals surface area contributed by atoms with Crippen LogP contribution in [0.4, 0.5) is 0 Å². The highest BCUT2D eigenvalue weighted by atomic mass is 35.5. The Morgan fingerprint density at radius 1 is 1.21 bits per heavy atom. The number of hydrogen-bond donors (Lipinski definition) is 3. The maximum atomic E-state index is 14.0. The molecule has 8 heteroatoms. The summed E-state index contributed by atoms with van der Waals surface area (Å²) in [6, 6.07) is 1.17. The van der Waals surface area contributed by atoms with Gasteiger partial charge < -0.3 is 20.1 Å². The molecular formula is C25H28Cl2O6. The Hall–Kier alpha value is -1.86. The van der Waals surface area contributed by atoms with E-state index in [4.69, 9.17) is 27.9 Å². The normalized spacial score (nSPS) is 34.1. The van der Waals surface area contributed by atoms with E-state index in [0.29, 0.717) is 18.4 Å². The molecule has 1 aliphatic heterocycles. The van der Waals surface area contributed by atoms with E-state index in [-0.39, 0.29) is 41.7 Å². The minimum absolute atomic E-state index is 0.000295. The lowest BCUT2D eigenvalue weighted by molar-refractivity contribution is -0.157. The Morgan fingerprint density at radius 3 is 2.55 bits per heavy atom. The number of phenols is 2. The number of aromatic hydroxyl groups is 2. The molecule has 4 bridgehead atoms. The van der Waals surface area contributed by atoms with Gasteiger partial charge in [0.15, 0.2) is 17.2 Å². The first-order chi connectivity index (χ1) is 15.2. The number of rotatable bonds is 0. The number of ether oxygens (including phenoxy) is 1. The number of aliphatic hydroxyl groups excluding tert-OH is 1. The molecule has 1 saturated heterocycles. The number of ketones is 2. The fourth-order valence-corrected chi connectivity index (χ4v) is 5.88. The van der Waals surface area contributed by atoms with Crippen LogP contribution in [0.2, 0.25) is 0 Å². The second kappa shape index (κ2) is 7.84. The third-order valence-electron chi connectivity index (χ3n) is 7.30. The molecule has 6 rings (SSSR count). The Balaban J connectivity index is 2.05. The van der Waals surface area contributed by atoms with Crippen LogP contribution in [0.3, 0.4) is 0 Å². The van der Waals surface area contributed by atoms with Crippen molar-refractivity contribution in [3.05, 3.63) is 46.6 Å². The standard InChI is InChI=1S/C25H28Cl2O6/c1-12-5-6-16(28)13(2)9-14-17(29)10-15-19(20(14)30)22(32)24(27)11-18(26)23(3,4)33-25(24,8-7-12)21(15)31/h7,10,16,18,28-30H,2,5-6,8-9,11H2,1,3-4H3/t16?,18-,24+,25+/m1/s1. The number of aliphatic hydroxyl groups is 1. The van der Waals surface area contributed by atoms with Gasteiger partial charge in [-0.25, -0.2) is 0 Å². The van der Waals surface area contributed by atoms with Gasteiger partial charge in [0.25, 0.3) is 0 Å². The number of alkyl halides is 2. The minimum atomic E-state index is -1.85. The molecule has 178 valence electrons. The predicted octanol–water partition coefficient (Wildman–Crippen LogP) is 4.59. The van der Waals surface area contributed by atoms with Crippen LogP contribution in [0, 0.1) is 0 Å². The molecule has 1 fully saturated rings. The second-order valence-corrected chi connectivity index (χ2v) is 11.1. The molecule has 0 saturated carbocycles. The van der Waals surface area contributed by atoms with Crippen molar-refractivity contribution in [2.75, 3.05) is 0 Å². The third kappa shape index (κ3) is 3.45. The van der Waals surface area contributed by atoms with Gasteiger partial charge in [-0.2, -0.15) is 0 Å². The van der Waals surface area contributed by atoms with Crippen molar-refractivity contribution in [2.24, 2.45) is 0 Å². The number of carbonyl (C=O) groups is 2. The van der Waals surface area contributed by atoms with Crippen LogP contribution >= 0.6 is 23.2 Å². The molecule has 1 unspecified atom stereocenters. The molecule has 5 aliphatic rings. The Bertz CT molecular complexity index is 1110. The number of fused-ring (bicyclic) bond motifs is 1. The Morgan fingerprint density at radius 2 is 1.88 bits per heavy atom. The van der Waals surface area contributed by atoms with Crippen molar-refractivity contribution in [3.8, 4) is 11.5 Å². The molecule has 3 N–H and O–H groups in total. The van der Waals surface area contributed by atoms with Gasteiger partial charge in [-0.15, -0.1) is 23.2 Å². The molecule has 1 spiro atoms. The highest BCUT2D eigenvalue weighted by molar-refractivity contribution is 6.45. The maximum Gasteiger partial charge on any atom is 0.198 e. The van der Waals surface area contributed by atoms with Crippen molar-refractivity contribution in [1.29, 1.82) is 0 Å². The lowest BCUT2D eigenvalue weighted by Crippen LogP contribution is -2.72. The number of halogens is 2. The summed E-state index contributed by atoms with van der Waals surface area (Å²) in [7, 11) is 0. The van der Waals surface area contributed by atoms with Gasteiger partial charge in [0.2, 0.25) is 0 Å². The van der Waals surface area contributed by atoms with Crippen molar-refractivity contribution < 1.29 is 29.6 Å². The van der Waals surface area contributed by atoms with Crippen molar-refractivity contribution in [2.45, 2.75) is 80.4 Å². The van der Waals surface area contributed by atoms with E-state index in [1.165, 1.54) is 6.07 Å². The molecule has 0 amide bonds. The number of phenolic OH excluding ortho intramolecular Hbond substituents is 2. The van der Waals surface area contributed by atoms with Crippen molar-refractivity contribution in [1.82, 2.24) is 0 Å². The topological polar surface area (TPSA) is 104 Å². The molecule has 4 atom stereocenters. The molecule has 33 heavy (non-hydrogen) atoms. The van der Waals surface area contributed by atoms with Crippen LogP contribution in [0.15, 0.2) is 29.9 Å². The summed E-state index contributed by atoms with van der Waals surface area (Å²) in [4.78, 5) is 26.0. The third-order valence-corrected chi connectivity index (χ3v) is 8.61. The van der Waals surface area contributed by atoms with Crippen LogP contribution in [0.5, 0.6) is 11.5 Å². The van der Waals surface area contributed by atoms with Gasteiger partial charge in [0.1, 0.15) is 16.4 Å². The quantitative estimate of drug-likeness (QED) is 0.359. The number of carbonyl (C=O) groups excluding carboxylic acids is 2. The highest BCUT2D eigenvalue weighted by Crippen LogP contribution is 2.57. The molecule has 1 heterocycles. The first kappa shape index (κ1) is 24.3. The fourth-order valence-electron chi connectivity index (χ4n) is 5.08. The van der Waals surface area contributed by atoms with E-state index in [1.54, 1.807) is 19.9 Å². The van der Waals surface area contributed by atoms with Crippen LogP contribution < -0.4 is 0 Å². The van der Waals surface area contributed by atoms with Gasteiger partial charge in [-0.05, 0) is 51.7 Å². The molecule has 0 aromatic heterocycles. The van der Waals surface area contributed by atoms with Gasteiger partial charge in [0, 0.05) is 24.0 Å². The predicted molar refractivity (Wildman–Crippen MR) is 126 cm³/mol. The fraction of sp³-hybridized carbons (Fsp3) is 0.520. The molecule has 0 radical (unpaired) electrons. The van der Waals surface area contributed by atoms with Crippen LogP contribution in [-0.2, 0) is 11.2 Å². The zero-order valence-electron chi connectivity index (χ0n) is 18.9. The van der Waals surface area contributed by atoms with E-state index in [0.717, 1.165) is 5.57 Å². The summed E-state index contributed by atoms with van der Waals surface area (Å²) in [5.41, 5.74) is -1.87. The van der Waals surface area contributed by atoms with Crippen LogP contribution in [0.25, 0.3) is 0 Å². The van der Waals surface area contributed by atoms with Crippen molar-refractivity contribution >= 4 is 34.8 Å². The number of Topliss-reactive ketones (excluding diaryl/α,β-unsaturated/α-hetero) is 2. The average Bonchev–Trinajstić information content (AvgIpc) is 2.73. The van der Waals surface area contributed by atoms with Gasteiger partial charge in [0.05, 0.1) is 22.6 Å². The Labute approximate surface area is 202 Å². The second-order valence-electron chi connectivity index (χ2n) is 9.95. The van der Waals surface area contributed by atoms with E-state index in [1.807, 2.05) is 6.92 Å². The van der Waals surface area contributed by atoms with Crippen molar-refractivity contribution in [3.63, 3.8) is 0 Å². The number of allylic oxidation sites excluding steroid dienone is 1. The maximum absolute atomic E-state index is 14.0. The first-order valence-corrected chi connectivity index (χ1v) is 11.8. The number of benzene rings is 1. The zero-order valence-corrected chi connectivity index (χ0v) is 20.4. The Kier molecular flexibility index (Phi) is 5.77. The van der Waals surface area contributed by atoms with Gasteiger partial charge >= 0.3 is 0 Å². The lowest BCUT2D eigenvalue weighted by Gasteiger charge is -2.56. The lowest BCUT2D eigenvalue weighted by atomic mass is 9.63. The van der Waals surface area contributed by atoms with Gasteiger partial charge in [-0.3, -0.25) is 9.59 Å². The molecular weight excluding hydrogens is 467 g/mol. The summed E-state index contributed by atoms with van der Waals surface area (Å²) >= 11 is 13.6. The molecule has 1 aromatic carbocycles. The van der Waals surface area contributed by atoms with Crippen LogP contribution in [-0.4, -0.2) is 54.4 Å². The van der Waals surface area contributed by atoms with E-state index >= 15 is 0 Å². The smallest absolute Gasteiger partial charge is 0.198 e. The van der Waals surface area contributed by atoms with E-state index < -0.39 is 44.9 Å². The molecule has 6 nitrogen and oxygen atoms in total. The minimum Gasteiger partial charge on any atom is -0.507 e. The van der Waals surface area contributed by atoms with E-state index in [9.17, 15) is 24.9 Å². The summed E-state index contributed by atoms with van der Waals surface area (Å²) < 4.78 is 6.33. The SMILES string of the molecule is C=C1Cc2c(O)cc3c(c2O)C(=O)[C@@]2(Cl)C[C@@H](Cl)C(C)(C)O[C@@]2(CC=C(C)CCC1O)C3=O. The first-order valence-electron chi connectivity index (χ1n) is 11.0. The summed E-state index contributed by atoms with van der Waals surface area (Å²) in [5, 5.41) is 31.6. The average molecular weight is 495 g/mol. The number of hydrogen-bond acceptors (Lipinski definition) is 6. The monoisotopic (exact) mass is 494 g/mol. The highest BCUT2D eigenvalue weighted by Gasteiger charge is 2.70.